The summed E-state index contributed by atoms with van der Waals surface area (Å²) in [6, 6.07) is 50.2. The zero-order chi connectivity index (χ0) is 31.5. The first-order valence-electron chi connectivity index (χ1n) is 16.1. The van der Waals surface area contributed by atoms with Crippen molar-refractivity contribution in [3.8, 4) is 33.5 Å². The van der Waals surface area contributed by atoms with E-state index in [1.165, 1.54) is 33.4 Å². The van der Waals surface area contributed by atoms with E-state index in [-0.39, 0.29) is 0 Å². The molecule has 1 fully saturated rings. The minimum Gasteiger partial charge on any atom is -0.399 e. The van der Waals surface area contributed by atoms with Gasteiger partial charge in [-0.1, -0.05) is 121 Å². The van der Waals surface area contributed by atoms with Crippen LogP contribution in [-0.2, 0) is 14.7 Å². The molecule has 1 aromatic heterocycles. The molecule has 5 aromatic carbocycles. The molecule has 1 aliphatic carbocycles. The molecule has 2 aliphatic rings. The van der Waals surface area contributed by atoms with E-state index in [1.54, 1.807) is 0 Å². The zero-order valence-electron chi connectivity index (χ0n) is 26.7. The highest BCUT2D eigenvalue weighted by atomic mass is 16.7. The van der Waals surface area contributed by atoms with E-state index >= 15 is 0 Å². The molecule has 0 atom stereocenters. The van der Waals surface area contributed by atoms with Gasteiger partial charge in [-0.2, -0.15) is 0 Å². The summed E-state index contributed by atoms with van der Waals surface area (Å²) in [4.78, 5) is 4.57. The van der Waals surface area contributed by atoms with Gasteiger partial charge >= 0.3 is 7.12 Å². The zero-order valence-corrected chi connectivity index (χ0v) is 26.7. The van der Waals surface area contributed by atoms with Gasteiger partial charge in [-0.05, 0) is 95.9 Å². The van der Waals surface area contributed by atoms with Crippen molar-refractivity contribution < 1.29 is 9.31 Å². The molecule has 0 bridgehead atoms. The first-order valence-corrected chi connectivity index (χ1v) is 16.1. The third kappa shape index (κ3) is 4.32. The SMILES string of the molecule is CC1(C)OB(c2cc3c(cc2-c2ccc(-c4ccccn4)cc2)-c2ccccc2C3(c2ccccc2)c2ccccc2)OC1(C)C. The summed E-state index contributed by atoms with van der Waals surface area (Å²) >= 11 is 0. The smallest absolute Gasteiger partial charge is 0.399 e. The van der Waals surface area contributed by atoms with Crippen LogP contribution in [0.15, 0.2) is 146 Å². The normalized spacial score (nSPS) is 17.0. The van der Waals surface area contributed by atoms with Gasteiger partial charge in [-0.15, -0.1) is 0 Å². The molecule has 3 nitrogen and oxygen atoms in total. The summed E-state index contributed by atoms with van der Waals surface area (Å²) in [6.07, 6.45) is 1.84. The maximum Gasteiger partial charge on any atom is 0.495 e. The molecule has 6 aromatic rings. The Hall–Kier alpha value is -4.77. The van der Waals surface area contributed by atoms with E-state index in [1.807, 2.05) is 24.4 Å². The topological polar surface area (TPSA) is 31.4 Å². The molecule has 1 saturated heterocycles. The van der Waals surface area contributed by atoms with Crippen molar-refractivity contribution in [1.29, 1.82) is 0 Å². The monoisotopic (exact) mass is 597 g/mol. The van der Waals surface area contributed by atoms with E-state index in [0.29, 0.717) is 0 Å². The average molecular weight is 598 g/mol. The van der Waals surface area contributed by atoms with Crippen molar-refractivity contribution in [2.75, 3.05) is 0 Å². The second kappa shape index (κ2) is 10.7. The van der Waals surface area contributed by atoms with Gasteiger partial charge in [0.15, 0.2) is 0 Å². The second-order valence-corrected chi connectivity index (χ2v) is 13.4. The molecule has 0 N–H and O–H groups in total. The number of aromatic nitrogens is 1. The van der Waals surface area contributed by atoms with E-state index < -0.39 is 23.7 Å². The van der Waals surface area contributed by atoms with Crippen molar-refractivity contribution in [2.24, 2.45) is 0 Å². The summed E-state index contributed by atoms with van der Waals surface area (Å²) < 4.78 is 13.6. The van der Waals surface area contributed by atoms with Crippen LogP contribution in [0.1, 0.15) is 49.9 Å². The van der Waals surface area contributed by atoms with Gasteiger partial charge in [-0.3, -0.25) is 4.98 Å². The van der Waals surface area contributed by atoms with Crippen LogP contribution < -0.4 is 5.46 Å². The minimum absolute atomic E-state index is 0.476. The largest absolute Gasteiger partial charge is 0.495 e. The van der Waals surface area contributed by atoms with Gasteiger partial charge < -0.3 is 9.31 Å². The molecule has 4 heteroatoms. The number of nitrogens with zero attached hydrogens (tertiary/aromatic N) is 1. The van der Waals surface area contributed by atoms with Crippen LogP contribution >= 0.6 is 0 Å². The van der Waals surface area contributed by atoms with Crippen LogP contribution in [0.3, 0.4) is 0 Å². The molecule has 0 radical (unpaired) electrons. The highest BCUT2D eigenvalue weighted by Gasteiger charge is 2.53. The molecule has 0 unspecified atom stereocenters. The number of fused-ring (bicyclic) bond motifs is 3. The summed E-state index contributed by atoms with van der Waals surface area (Å²) in [7, 11) is -0.534. The van der Waals surface area contributed by atoms with Crippen LogP contribution in [0, 0.1) is 0 Å². The van der Waals surface area contributed by atoms with Crippen molar-refractivity contribution in [1.82, 2.24) is 4.98 Å². The molecule has 0 spiro atoms. The standard InChI is InChI=1S/C42H36BNO2/c1-40(2)41(3,4)46-43(45-40)38-28-37-35(27-34(38)29-22-24-30(25-23-29)39-21-13-14-26-44-39)33-19-11-12-20-36(33)42(37,31-15-7-5-8-16-31)32-17-9-6-10-18-32/h5-28H,1-4H3. The Balaban J connectivity index is 1.41. The Morgan fingerprint density at radius 3 is 1.67 bits per heavy atom. The lowest BCUT2D eigenvalue weighted by Gasteiger charge is -2.34. The summed E-state index contributed by atoms with van der Waals surface area (Å²) in [5.41, 5.74) is 11.3. The van der Waals surface area contributed by atoms with Crippen molar-refractivity contribution in [2.45, 2.75) is 44.3 Å². The number of benzene rings is 5. The minimum atomic E-state index is -0.534. The number of pyridine rings is 1. The summed E-state index contributed by atoms with van der Waals surface area (Å²) in [6.45, 7) is 8.48. The molecular weight excluding hydrogens is 561 g/mol. The Morgan fingerprint density at radius 2 is 1.07 bits per heavy atom. The Bertz CT molecular complexity index is 1980. The van der Waals surface area contributed by atoms with Gasteiger partial charge in [0.1, 0.15) is 0 Å². The molecular formula is C42H36BNO2. The molecule has 1 aliphatic heterocycles. The fourth-order valence-corrected chi connectivity index (χ4v) is 7.27. The maximum atomic E-state index is 6.79. The molecule has 8 rings (SSSR count). The lowest BCUT2D eigenvalue weighted by atomic mass is 9.65. The van der Waals surface area contributed by atoms with Gasteiger partial charge in [0, 0.05) is 11.8 Å². The number of hydrogen-bond donors (Lipinski definition) is 0. The van der Waals surface area contributed by atoms with Crippen molar-refractivity contribution in [3.63, 3.8) is 0 Å². The van der Waals surface area contributed by atoms with Crippen LogP contribution in [0.4, 0.5) is 0 Å². The van der Waals surface area contributed by atoms with Crippen LogP contribution in [0.5, 0.6) is 0 Å². The Morgan fingerprint density at radius 1 is 0.500 bits per heavy atom. The van der Waals surface area contributed by atoms with Gasteiger partial charge in [0.2, 0.25) is 0 Å². The lowest BCUT2D eigenvalue weighted by molar-refractivity contribution is 0.00578. The van der Waals surface area contributed by atoms with Crippen molar-refractivity contribution >= 4 is 12.6 Å². The van der Waals surface area contributed by atoms with Crippen LogP contribution in [0.2, 0.25) is 0 Å². The first-order chi connectivity index (χ1) is 22.3. The number of rotatable bonds is 5. The lowest BCUT2D eigenvalue weighted by Crippen LogP contribution is -2.41. The van der Waals surface area contributed by atoms with Crippen LogP contribution in [-0.4, -0.2) is 23.3 Å². The highest BCUT2D eigenvalue weighted by Crippen LogP contribution is 2.56. The predicted octanol–water partition coefficient (Wildman–Crippen LogP) is 9.08. The average Bonchev–Trinajstić information content (AvgIpc) is 3.51. The van der Waals surface area contributed by atoms with Crippen LogP contribution in [0.25, 0.3) is 33.5 Å². The van der Waals surface area contributed by atoms with Crippen molar-refractivity contribution in [3.05, 3.63) is 168 Å². The highest BCUT2D eigenvalue weighted by molar-refractivity contribution is 6.64. The Kier molecular flexibility index (Phi) is 6.65. The summed E-state index contributed by atoms with van der Waals surface area (Å²) in [5, 5.41) is 0. The fourth-order valence-electron chi connectivity index (χ4n) is 7.27. The van der Waals surface area contributed by atoms with Gasteiger partial charge in [0.05, 0.1) is 22.3 Å². The summed E-state index contributed by atoms with van der Waals surface area (Å²) in [5.74, 6) is 0. The quantitative estimate of drug-likeness (QED) is 0.186. The molecule has 0 amide bonds. The number of hydrogen-bond acceptors (Lipinski definition) is 3. The van der Waals surface area contributed by atoms with E-state index in [0.717, 1.165) is 27.8 Å². The van der Waals surface area contributed by atoms with E-state index in [9.17, 15) is 0 Å². The predicted molar refractivity (Wildman–Crippen MR) is 188 cm³/mol. The maximum absolute atomic E-state index is 6.79. The second-order valence-electron chi connectivity index (χ2n) is 13.4. The molecule has 2 heterocycles. The first kappa shape index (κ1) is 28.7. The van der Waals surface area contributed by atoms with E-state index in [2.05, 4.69) is 154 Å². The third-order valence-corrected chi connectivity index (χ3v) is 10.3. The molecule has 224 valence electrons. The van der Waals surface area contributed by atoms with Gasteiger partial charge in [0.25, 0.3) is 0 Å². The Labute approximate surface area is 272 Å². The third-order valence-electron chi connectivity index (χ3n) is 10.3. The molecule has 0 saturated carbocycles. The van der Waals surface area contributed by atoms with E-state index in [4.69, 9.17) is 9.31 Å². The van der Waals surface area contributed by atoms with Gasteiger partial charge in [-0.25, -0.2) is 0 Å². The fraction of sp³-hybridized carbons (Fsp3) is 0.167. The molecule has 46 heavy (non-hydrogen) atoms.